The lowest BCUT2D eigenvalue weighted by atomic mass is 9.65. The number of unbranched alkanes of at least 4 members (excludes halogenated alkanes) is 1. The highest BCUT2D eigenvalue weighted by Gasteiger charge is 2.48. The molecule has 4 nitrogen and oxygen atoms in total. The van der Waals surface area contributed by atoms with Gasteiger partial charge in [0.2, 0.25) is 0 Å². The molecule has 0 aromatic carbocycles. The van der Waals surface area contributed by atoms with Crippen LogP contribution in [0.25, 0.3) is 0 Å². The first-order valence-electron chi connectivity index (χ1n) is 8.83. The SMILES string of the molecule is CCCCOCCCNC(=NC)NCC1(C2CC2)CCC1. The summed E-state index contributed by atoms with van der Waals surface area (Å²) in [5, 5.41) is 6.94. The first-order chi connectivity index (χ1) is 10.3. The van der Waals surface area contributed by atoms with Crippen LogP contribution in [0.1, 0.15) is 58.3 Å². The van der Waals surface area contributed by atoms with E-state index in [0.29, 0.717) is 5.41 Å². The summed E-state index contributed by atoms with van der Waals surface area (Å²) < 4.78 is 5.57. The third-order valence-electron chi connectivity index (χ3n) is 5.02. The fraction of sp³-hybridized carbons (Fsp3) is 0.941. The average molecular weight is 295 g/mol. The molecule has 0 atom stereocenters. The molecule has 2 aliphatic rings. The van der Waals surface area contributed by atoms with E-state index in [2.05, 4.69) is 22.5 Å². The molecule has 0 radical (unpaired) electrons. The highest BCUT2D eigenvalue weighted by atomic mass is 16.5. The molecule has 0 amide bonds. The third-order valence-corrected chi connectivity index (χ3v) is 5.02. The Bertz CT molecular complexity index is 322. The zero-order chi connectivity index (χ0) is 15.0. The van der Waals surface area contributed by atoms with Gasteiger partial charge in [0.25, 0.3) is 0 Å². The van der Waals surface area contributed by atoms with E-state index in [1.54, 1.807) is 0 Å². The second kappa shape index (κ2) is 8.62. The maximum Gasteiger partial charge on any atom is 0.190 e. The lowest BCUT2D eigenvalue weighted by molar-refractivity contribution is 0.105. The predicted molar refractivity (Wildman–Crippen MR) is 88.7 cm³/mol. The maximum atomic E-state index is 5.57. The molecule has 4 heteroatoms. The normalized spacial score (nSPS) is 21.0. The van der Waals surface area contributed by atoms with E-state index >= 15 is 0 Å². The van der Waals surface area contributed by atoms with Gasteiger partial charge in [-0.3, -0.25) is 4.99 Å². The summed E-state index contributed by atoms with van der Waals surface area (Å²) in [5.41, 5.74) is 0.598. The largest absolute Gasteiger partial charge is 0.381 e. The van der Waals surface area contributed by atoms with Crippen molar-refractivity contribution >= 4 is 5.96 Å². The van der Waals surface area contributed by atoms with Gasteiger partial charge in [-0.25, -0.2) is 0 Å². The zero-order valence-corrected chi connectivity index (χ0v) is 13.9. The van der Waals surface area contributed by atoms with Crippen LogP contribution in [0.4, 0.5) is 0 Å². The van der Waals surface area contributed by atoms with E-state index in [4.69, 9.17) is 4.74 Å². The minimum atomic E-state index is 0.598. The molecule has 2 N–H and O–H groups in total. The predicted octanol–water partition coefficient (Wildman–Crippen LogP) is 2.94. The highest BCUT2D eigenvalue weighted by Crippen LogP contribution is 2.56. The van der Waals surface area contributed by atoms with Gasteiger partial charge < -0.3 is 15.4 Å². The highest BCUT2D eigenvalue weighted by molar-refractivity contribution is 5.79. The Labute approximate surface area is 130 Å². The van der Waals surface area contributed by atoms with Gasteiger partial charge in [0.1, 0.15) is 0 Å². The van der Waals surface area contributed by atoms with E-state index in [-0.39, 0.29) is 0 Å². The molecule has 2 fully saturated rings. The first-order valence-corrected chi connectivity index (χ1v) is 8.83. The van der Waals surface area contributed by atoms with Crippen molar-refractivity contribution in [2.75, 3.05) is 33.4 Å². The lowest BCUT2D eigenvalue weighted by Gasteiger charge is -2.43. The molecular formula is C17H33N3O. The summed E-state index contributed by atoms with van der Waals surface area (Å²) in [5.74, 6) is 1.94. The number of aliphatic imine (C=N–C) groups is 1. The standard InChI is InChI=1S/C17H33N3O/c1-3-4-12-21-13-6-11-19-16(18-2)20-14-17(9-5-10-17)15-7-8-15/h15H,3-14H2,1-2H3,(H2,18,19,20). The molecule has 2 saturated carbocycles. The quantitative estimate of drug-likeness (QED) is 0.370. The van der Waals surface area contributed by atoms with Crippen molar-refractivity contribution in [3.63, 3.8) is 0 Å². The third kappa shape index (κ3) is 5.17. The topological polar surface area (TPSA) is 45.6 Å². The summed E-state index contributed by atoms with van der Waals surface area (Å²) >= 11 is 0. The summed E-state index contributed by atoms with van der Waals surface area (Å²) in [4.78, 5) is 4.33. The molecule has 21 heavy (non-hydrogen) atoms. The number of rotatable bonds is 10. The fourth-order valence-corrected chi connectivity index (χ4v) is 3.27. The molecule has 0 aromatic rings. The summed E-state index contributed by atoms with van der Waals surface area (Å²) in [6.45, 7) is 5.97. The van der Waals surface area contributed by atoms with Crippen molar-refractivity contribution in [3.8, 4) is 0 Å². The van der Waals surface area contributed by atoms with Crippen molar-refractivity contribution in [2.24, 2.45) is 16.3 Å². The monoisotopic (exact) mass is 295 g/mol. The van der Waals surface area contributed by atoms with Crippen LogP contribution in [0.15, 0.2) is 4.99 Å². The molecule has 0 bridgehead atoms. The molecule has 2 rings (SSSR count). The van der Waals surface area contributed by atoms with Crippen molar-refractivity contribution in [1.29, 1.82) is 0 Å². The van der Waals surface area contributed by atoms with E-state index in [1.165, 1.54) is 44.9 Å². The Morgan fingerprint density at radius 1 is 1.19 bits per heavy atom. The molecule has 0 heterocycles. The number of nitrogens with zero attached hydrogens (tertiary/aromatic N) is 1. The van der Waals surface area contributed by atoms with Crippen molar-refractivity contribution in [2.45, 2.75) is 58.3 Å². The average Bonchev–Trinajstić information content (AvgIpc) is 3.28. The van der Waals surface area contributed by atoms with Crippen LogP contribution in [0, 0.1) is 11.3 Å². The number of nitrogens with one attached hydrogen (secondary N) is 2. The zero-order valence-electron chi connectivity index (χ0n) is 13.9. The summed E-state index contributed by atoms with van der Waals surface area (Å²) in [6.07, 6.45) is 10.5. The molecule has 0 aromatic heterocycles. The van der Waals surface area contributed by atoms with Gasteiger partial charge in [-0.2, -0.15) is 0 Å². The van der Waals surface area contributed by atoms with E-state index in [0.717, 1.165) is 44.6 Å². The maximum absolute atomic E-state index is 5.57. The number of guanidine groups is 1. The van der Waals surface area contributed by atoms with Crippen molar-refractivity contribution in [1.82, 2.24) is 10.6 Å². The molecule has 0 saturated heterocycles. The van der Waals surface area contributed by atoms with Gasteiger partial charge in [0.15, 0.2) is 5.96 Å². The summed E-state index contributed by atoms with van der Waals surface area (Å²) in [7, 11) is 1.86. The smallest absolute Gasteiger partial charge is 0.190 e. The molecule has 0 unspecified atom stereocenters. The number of ether oxygens (including phenoxy) is 1. The van der Waals surface area contributed by atoms with Gasteiger partial charge in [-0.15, -0.1) is 0 Å². The van der Waals surface area contributed by atoms with Crippen LogP contribution in [0.3, 0.4) is 0 Å². The van der Waals surface area contributed by atoms with Crippen molar-refractivity contribution < 1.29 is 4.74 Å². The number of hydrogen-bond donors (Lipinski definition) is 2. The van der Waals surface area contributed by atoms with Crippen LogP contribution in [0.5, 0.6) is 0 Å². The first kappa shape index (κ1) is 16.6. The Hall–Kier alpha value is -0.770. The second-order valence-electron chi connectivity index (χ2n) is 6.66. The van der Waals surface area contributed by atoms with Gasteiger partial charge in [0, 0.05) is 33.4 Å². The van der Waals surface area contributed by atoms with Crippen molar-refractivity contribution in [3.05, 3.63) is 0 Å². The van der Waals surface area contributed by atoms with E-state index < -0.39 is 0 Å². The molecule has 0 spiro atoms. The lowest BCUT2D eigenvalue weighted by Crippen LogP contribution is -2.47. The van der Waals surface area contributed by atoms with Crippen LogP contribution in [0.2, 0.25) is 0 Å². The van der Waals surface area contributed by atoms with Gasteiger partial charge in [-0.05, 0) is 49.9 Å². The number of hydrogen-bond acceptors (Lipinski definition) is 2. The summed E-state index contributed by atoms with van der Waals surface area (Å²) in [6, 6.07) is 0. The van der Waals surface area contributed by atoms with Gasteiger partial charge in [0.05, 0.1) is 0 Å². The molecular weight excluding hydrogens is 262 g/mol. The van der Waals surface area contributed by atoms with E-state index in [9.17, 15) is 0 Å². The van der Waals surface area contributed by atoms with Crippen LogP contribution in [-0.2, 0) is 4.74 Å². The minimum absolute atomic E-state index is 0.598. The second-order valence-corrected chi connectivity index (χ2v) is 6.66. The Kier molecular flexibility index (Phi) is 6.81. The Balaban J connectivity index is 1.54. The van der Waals surface area contributed by atoms with Gasteiger partial charge in [-0.1, -0.05) is 19.8 Å². The fourth-order valence-electron chi connectivity index (χ4n) is 3.27. The minimum Gasteiger partial charge on any atom is -0.381 e. The van der Waals surface area contributed by atoms with Gasteiger partial charge >= 0.3 is 0 Å². The molecule has 0 aliphatic heterocycles. The van der Waals surface area contributed by atoms with Crippen LogP contribution >= 0.6 is 0 Å². The van der Waals surface area contributed by atoms with Crippen LogP contribution in [-0.4, -0.2) is 39.3 Å². The Morgan fingerprint density at radius 2 is 1.95 bits per heavy atom. The van der Waals surface area contributed by atoms with E-state index in [1.807, 2.05) is 7.05 Å². The van der Waals surface area contributed by atoms with Crippen LogP contribution < -0.4 is 10.6 Å². The Morgan fingerprint density at radius 3 is 2.52 bits per heavy atom. The molecule has 2 aliphatic carbocycles. The molecule has 122 valence electrons.